The smallest absolute Gasteiger partial charge is 0.0762 e. The van der Waals surface area contributed by atoms with Crippen LogP contribution in [0.1, 0.15) is 13.3 Å². The quantitative estimate of drug-likeness (QED) is 0.840. The van der Waals surface area contributed by atoms with Crippen LogP contribution in [-0.2, 0) is 4.74 Å². The summed E-state index contributed by atoms with van der Waals surface area (Å²) in [6.45, 7) is 5.03. The molecule has 1 atom stereocenters. The van der Waals surface area contributed by atoms with Crippen molar-refractivity contribution in [2.45, 2.75) is 19.4 Å². The zero-order valence-corrected chi connectivity index (χ0v) is 9.94. The maximum absolute atomic E-state index is 5.36. The van der Waals surface area contributed by atoms with Gasteiger partial charge in [0.2, 0.25) is 0 Å². The topological polar surface area (TPSA) is 37.4 Å². The highest BCUT2D eigenvalue weighted by Gasteiger charge is 2.22. The fourth-order valence-corrected chi connectivity index (χ4v) is 2.06. The first-order valence-corrected chi connectivity index (χ1v) is 5.80. The van der Waals surface area contributed by atoms with Crippen LogP contribution < -0.4 is 10.2 Å². The van der Waals surface area contributed by atoms with Crippen LogP contribution >= 0.6 is 0 Å². The van der Waals surface area contributed by atoms with Gasteiger partial charge in [-0.25, -0.2) is 0 Å². The highest BCUT2D eigenvalue weighted by Crippen LogP contribution is 2.23. The lowest BCUT2D eigenvalue weighted by molar-refractivity contribution is 0.121. The van der Waals surface area contributed by atoms with Crippen LogP contribution in [-0.4, -0.2) is 37.8 Å². The van der Waals surface area contributed by atoms with Crippen LogP contribution in [0.5, 0.6) is 0 Å². The fraction of sp³-hybridized carbons (Fsp3) is 0.583. The number of rotatable bonds is 4. The molecule has 2 heterocycles. The van der Waals surface area contributed by atoms with Gasteiger partial charge in [0.15, 0.2) is 0 Å². The van der Waals surface area contributed by atoms with Crippen LogP contribution in [0, 0.1) is 0 Å². The molecule has 88 valence electrons. The maximum Gasteiger partial charge on any atom is 0.0762 e. The molecule has 0 aromatic carbocycles. The van der Waals surface area contributed by atoms with Crippen molar-refractivity contribution in [1.82, 2.24) is 4.98 Å². The normalized spacial score (nSPS) is 20.1. The van der Waals surface area contributed by atoms with Gasteiger partial charge in [-0.05, 0) is 19.4 Å². The summed E-state index contributed by atoms with van der Waals surface area (Å²) >= 11 is 0. The minimum Gasteiger partial charge on any atom is -0.384 e. The Bertz CT molecular complexity index is 343. The highest BCUT2D eigenvalue weighted by molar-refractivity contribution is 5.56. The van der Waals surface area contributed by atoms with Crippen LogP contribution in [0.15, 0.2) is 18.5 Å². The Balaban J connectivity index is 2.06. The molecule has 1 unspecified atom stereocenters. The molecular formula is C12H19N3O. The van der Waals surface area contributed by atoms with E-state index in [-0.39, 0.29) is 0 Å². The summed E-state index contributed by atoms with van der Waals surface area (Å²) in [5.74, 6) is 0. The molecule has 1 aliphatic rings. The molecule has 4 heteroatoms. The number of pyridine rings is 1. The second-order valence-corrected chi connectivity index (χ2v) is 4.05. The lowest BCUT2D eigenvalue weighted by Crippen LogP contribution is -2.22. The van der Waals surface area contributed by atoms with E-state index in [9.17, 15) is 0 Å². The Morgan fingerprint density at radius 3 is 3.12 bits per heavy atom. The summed E-state index contributed by atoms with van der Waals surface area (Å²) in [5, 5.41) is 3.28. The van der Waals surface area contributed by atoms with Gasteiger partial charge in [0.1, 0.15) is 0 Å². The molecule has 1 fully saturated rings. The standard InChI is InChI=1S/C12H19N3O/c1-3-14-10-6-11(8-13-7-10)15-5-4-12(9-15)16-2/h6-8,12,14H,3-5,9H2,1-2H3. The molecule has 1 N–H and O–H groups in total. The fourth-order valence-electron chi connectivity index (χ4n) is 2.06. The number of hydrogen-bond donors (Lipinski definition) is 1. The van der Waals surface area contributed by atoms with Gasteiger partial charge in [-0.1, -0.05) is 0 Å². The number of aromatic nitrogens is 1. The first kappa shape index (κ1) is 11.2. The van der Waals surface area contributed by atoms with Crippen LogP contribution in [0.3, 0.4) is 0 Å². The maximum atomic E-state index is 5.36. The third-order valence-corrected chi connectivity index (χ3v) is 2.95. The van der Waals surface area contributed by atoms with Crippen LogP contribution in [0.4, 0.5) is 11.4 Å². The first-order chi connectivity index (χ1) is 7.83. The summed E-state index contributed by atoms with van der Waals surface area (Å²) in [6.07, 6.45) is 5.24. The molecule has 0 spiro atoms. The Labute approximate surface area is 96.6 Å². The average Bonchev–Trinajstić information content (AvgIpc) is 2.78. The van der Waals surface area contributed by atoms with Crippen molar-refractivity contribution < 1.29 is 4.74 Å². The summed E-state index contributed by atoms with van der Waals surface area (Å²) in [6, 6.07) is 2.15. The minimum absolute atomic E-state index is 0.364. The number of hydrogen-bond acceptors (Lipinski definition) is 4. The number of nitrogens with zero attached hydrogens (tertiary/aromatic N) is 2. The van der Waals surface area contributed by atoms with Gasteiger partial charge in [0, 0.05) is 26.7 Å². The third-order valence-electron chi connectivity index (χ3n) is 2.95. The van der Waals surface area contributed by atoms with Crippen molar-refractivity contribution in [2.24, 2.45) is 0 Å². The Morgan fingerprint density at radius 2 is 2.44 bits per heavy atom. The van der Waals surface area contributed by atoms with Crippen molar-refractivity contribution in [3.8, 4) is 0 Å². The van der Waals surface area contributed by atoms with E-state index < -0.39 is 0 Å². The second kappa shape index (κ2) is 5.16. The van der Waals surface area contributed by atoms with Crippen molar-refractivity contribution >= 4 is 11.4 Å². The summed E-state index contributed by atoms with van der Waals surface area (Å²) in [4.78, 5) is 6.58. The van der Waals surface area contributed by atoms with E-state index in [0.717, 1.165) is 31.7 Å². The molecule has 4 nitrogen and oxygen atoms in total. The first-order valence-electron chi connectivity index (χ1n) is 5.80. The van der Waals surface area contributed by atoms with Crippen LogP contribution in [0.2, 0.25) is 0 Å². The van der Waals surface area contributed by atoms with Crippen molar-refractivity contribution in [1.29, 1.82) is 0 Å². The molecule has 0 radical (unpaired) electrons. The van der Waals surface area contributed by atoms with E-state index in [1.54, 1.807) is 7.11 Å². The van der Waals surface area contributed by atoms with Gasteiger partial charge in [-0.15, -0.1) is 0 Å². The van der Waals surface area contributed by atoms with Gasteiger partial charge in [0.25, 0.3) is 0 Å². The Hall–Kier alpha value is -1.29. The molecule has 1 saturated heterocycles. The minimum atomic E-state index is 0.364. The number of ether oxygens (including phenoxy) is 1. The average molecular weight is 221 g/mol. The molecular weight excluding hydrogens is 202 g/mol. The summed E-state index contributed by atoms with van der Waals surface area (Å²) in [7, 11) is 1.78. The predicted octanol–water partition coefficient (Wildman–Crippen LogP) is 1.74. The molecule has 0 aliphatic carbocycles. The lowest BCUT2D eigenvalue weighted by atomic mass is 10.3. The number of methoxy groups -OCH3 is 1. The molecule has 0 saturated carbocycles. The monoisotopic (exact) mass is 221 g/mol. The molecule has 16 heavy (non-hydrogen) atoms. The van der Waals surface area contributed by atoms with E-state index >= 15 is 0 Å². The van der Waals surface area contributed by atoms with Gasteiger partial charge in [-0.3, -0.25) is 4.98 Å². The van der Waals surface area contributed by atoms with Crippen molar-refractivity contribution in [3.05, 3.63) is 18.5 Å². The third kappa shape index (κ3) is 2.44. The van der Waals surface area contributed by atoms with Gasteiger partial charge >= 0.3 is 0 Å². The summed E-state index contributed by atoms with van der Waals surface area (Å²) < 4.78 is 5.36. The molecule has 2 rings (SSSR count). The summed E-state index contributed by atoms with van der Waals surface area (Å²) in [5.41, 5.74) is 2.26. The zero-order valence-electron chi connectivity index (χ0n) is 9.94. The van der Waals surface area contributed by atoms with E-state index in [1.165, 1.54) is 5.69 Å². The zero-order chi connectivity index (χ0) is 11.4. The van der Waals surface area contributed by atoms with Gasteiger partial charge in [0.05, 0.1) is 29.9 Å². The molecule has 0 bridgehead atoms. The van der Waals surface area contributed by atoms with E-state index in [2.05, 4.69) is 28.2 Å². The van der Waals surface area contributed by atoms with E-state index in [1.807, 2.05) is 12.4 Å². The van der Waals surface area contributed by atoms with Gasteiger partial charge < -0.3 is 15.0 Å². The number of anilines is 2. The Kier molecular flexibility index (Phi) is 3.62. The van der Waals surface area contributed by atoms with Crippen molar-refractivity contribution in [2.75, 3.05) is 37.0 Å². The molecule has 1 aliphatic heterocycles. The highest BCUT2D eigenvalue weighted by atomic mass is 16.5. The molecule has 1 aromatic rings. The second-order valence-electron chi connectivity index (χ2n) is 4.05. The Morgan fingerprint density at radius 1 is 1.56 bits per heavy atom. The van der Waals surface area contributed by atoms with E-state index in [0.29, 0.717) is 6.10 Å². The van der Waals surface area contributed by atoms with Crippen LogP contribution in [0.25, 0.3) is 0 Å². The molecule has 0 amide bonds. The predicted molar refractivity (Wildman–Crippen MR) is 66.0 cm³/mol. The number of nitrogens with one attached hydrogen (secondary N) is 1. The SMILES string of the molecule is CCNc1cncc(N2CCC(OC)C2)c1. The van der Waals surface area contributed by atoms with Crippen molar-refractivity contribution in [3.63, 3.8) is 0 Å². The largest absolute Gasteiger partial charge is 0.384 e. The molecule has 1 aromatic heterocycles. The lowest BCUT2D eigenvalue weighted by Gasteiger charge is -2.18. The van der Waals surface area contributed by atoms with E-state index in [4.69, 9.17) is 4.74 Å². The van der Waals surface area contributed by atoms with Gasteiger partial charge in [-0.2, -0.15) is 0 Å².